The number of hydrogen-bond acceptors (Lipinski definition) is 7. The summed E-state index contributed by atoms with van der Waals surface area (Å²) >= 11 is 0. The van der Waals surface area contributed by atoms with Crippen LogP contribution in [-0.2, 0) is 12.8 Å². The molecule has 0 radical (unpaired) electrons. The number of para-hydroxylation sites is 5. The van der Waals surface area contributed by atoms with Gasteiger partial charge in [0.1, 0.15) is 6.07 Å². The van der Waals surface area contributed by atoms with E-state index in [1.807, 2.05) is 103 Å². The molecule has 0 fully saturated rings. The number of anilines is 4. The number of nitriles is 1. The summed E-state index contributed by atoms with van der Waals surface area (Å²) in [5.74, 6) is 3.26. The molecule has 1 atom stereocenters. The lowest BCUT2D eigenvalue weighted by Gasteiger charge is -2.34. The number of rotatable bonds is 6. The molecule has 4 heterocycles. The highest BCUT2D eigenvalue weighted by atomic mass is 16.5. The number of ether oxygens (including phenoxy) is 1. The fraction of sp³-hybridized carbons (Fsp3) is 0.138. The average Bonchev–Trinajstić information content (AvgIpc) is 3.89. The van der Waals surface area contributed by atoms with Crippen molar-refractivity contribution in [1.82, 2.24) is 19.5 Å². The molecule has 0 bridgehead atoms. The Bertz CT molecular complexity index is 3310. The van der Waals surface area contributed by atoms with Crippen molar-refractivity contribution in [3.8, 4) is 57.4 Å². The molecule has 0 N–H and O–H groups in total. The molecular formula is C58H43N7O. The fourth-order valence-corrected chi connectivity index (χ4v) is 10.8. The molecule has 316 valence electrons. The lowest BCUT2D eigenvalue weighted by atomic mass is 9.84. The van der Waals surface area contributed by atoms with Gasteiger partial charge < -0.3 is 19.1 Å². The number of fused-ring (bicyclic) bond motifs is 8. The van der Waals surface area contributed by atoms with Crippen molar-refractivity contribution < 1.29 is 4.74 Å². The predicted molar refractivity (Wildman–Crippen MR) is 262 cm³/mol. The Balaban J connectivity index is 1.09. The van der Waals surface area contributed by atoms with Gasteiger partial charge in [-0.25, -0.2) is 15.0 Å². The smallest absolute Gasteiger partial charge is 0.166 e. The van der Waals surface area contributed by atoms with Gasteiger partial charge in [0.25, 0.3) is 0 Å². The van der Waals surface area contributed by atoms with E-state index in [0.717, 1.165) is 83.2 Å². The number of allylic oxidation sites excluding steroid dienone is 4. The van der Waals surface area contributed by atoms with Crippen molar-refractivity contribution in [2.75, 3.05) is 9.80 Å². The molecule has 3 aliphatic carbocycles. The number of nitrogens with zero attached hydrogens (tertiary/aromatic N) is 7. The minimum absolute atomic E-state index is 0.239. The van der Waals surface area contributed by atoms with Crippen LogP contribution < -0.4 is 14.5 Å². The summed E-state index contributed by atoms with van der Waals surface area (Å²) in [4.78, 5) is 20.4. The van der Waals surface area contributed by atoms with Gasteiger partial charge in [-0.1, -0.05) is 121 Å². The summed E-state index contributed by atoms with van der Waals surface area (Å²) in [7, 11) is 0. The first-order valence-electron chi connectivity index (χ1n) is 23.0. The molecule has 2 aromatic heterocycles. The highest BCUT2D eigenvalue weighted by Gasteiger charge is 2.41. The minimum atomic E-state index is 0.239. The Morgan fingerprint density at radius 1 is 0.606 bits per heavy atom. The molecule has 13 rings (SSSR count). The van der Waals surface area contributed by atoms with E-state index in [4.69, 9.17) is 19.7 Å². The van der Waals surface area contributed by atoms with Gasteiger partial charge in [-0.3, -0.25) is 0 Å². The molecule has 66 heavy (non-hydrogen) atoms. The summed E-state index contributed by atoms with van der Waals surface area (Å²) in [5, 5.41) is 11.5. The maximum atomic E-state index is 11.5. The average molecular weight is 854 g/mol. The lowest BCUT2D eigenvalue weighted by molar-refractivity contribution is 0.477. The van der Waals surface area contributed by atoms with E-state index in [1.54, 1.807) is 0 Å². The third-order valence-corrected chi connectivity index (χ3v) is 13.8. The third kappa shape index (κ3) is 6.08. The number of hydrogen-bond donors (Lipinski definition) is 0. The first-order valence-corrected chi connectivity index (χ1v) is 23.0. The Kier molecular flexibility index (Phi) is 8.95. The molecular weight excluding hydrogens is 811 g/mol. The van der Waals surface area contributed by atoms with Crippen LogP contribution in [0.15, 0.2) is 169 Å². The normalized spacial score (nSPS) is 16.4. The van der Waals surface area contributed by atoms with Crippen LogP contribution >= 0.6 is 0 Å². The van der Waals surface area contributed by atoms with Gasteiger partial charge >= 0.3 is 0 Å². The van der Waals surface area contributed by atoms with Gasteiger partial charge in [-0.05, 0) is 110 Å². The molecule has 1 unspecified atom stereocenters. The van der Waals surface area contributed by atoms with Crippen LogP contribution in [0.4, 0.5) is 22.7 Å². The van der Waals surface area contributed by atoms with Crippen LogP contribution in [0.5, 0.6) is 11.5 Å². The van der Waals surface area contributed by atoms with Crippen LogP contribution in [0.25, 0.3) is 52.0 Å². The Morgan fingerprint density at radius 2 is 1.26 bits per heavy atom. The van der Waals surface area contributed by atoms with Crippen LogP contribution in [-0.4, -0.2) is 19.5 Å². The van der Waals surface area contributed by atoms with Crippen molar-refractivity contribution >= 4 is 34.9 Å². The van der Waals surface area contributed by atoms with E-state index in [9.17, 15) is 5.26 Å². The summed E-state index contributed by atoms with van der Waals surface area (Å²) in [6.45, 7) is 0. The van der Waals surface area contributed by atoms with Crippen LogP contribution in [0.1, 0.15) is 71.7 Å². The maximum Gasteiger partial charge on any atom is 0.166 e. The Labute approximate surface area is 383 Å². The molecule has 8 nitrogen and oxygen atoms in total. The number of benzene rings is 6. The highest BCUT2D eigenvalue weighted by molar-refractivity contribution is 5.94. The first-order chi connectivity index (χ1) is 32.7. The zero-order chi connectivity index (χ0) is 43.7. The van der Waals surface area contributed by atoms with Crippen LogP contribution in [0.2, 0.25) is 0 Å². The second-order valence-corrected chi connectivity index (χ2v) is 17.6. The topological polar surface area (TPSA) is 83.1 Å². The zero-order valence-electron chi connectivity index (χ0n) is 36.2. The summed E-state index contributed by atoms with van der Waals surface area (Å²) in [5.41, 5.74) is 16.7. The molecule has 2 aliphatic heterocycles. The predicted octanol–water partition coefficient (Wildman–Crippen LogP) is 14.0. The standard InChI is InChI=1S/C58H43N7O/c59-36-39-32-45(58-61-56(37-18-4-1-5-19-37)60-57(62-58)38-20-6-2-7-21-38)53(65-48-28-14-16-30-54(48)66-55-31-17-15-29-49(55)65)34-50(39)64-47-27-13-11-25-42(47)44-33-43-41-24-10-12-26-46(41)63(51(43)35-52(44)64)40-22-8-3-9-23-40/h1-2,4-7,10-12,14-22,24-26,28-32,34-35,43H,3,8-9,13,23,27,33H2. The van der Waals surface area contributed by atoms with E-state index in [2.05, 4.69) is 87.2 Å². The highest BCUT2D eigenvalue weighted by Crippen LogP contribution is 2.55. The largest absolute Gasteiger partial charge is 0.453 e. The molecule has 5 aliphatic rings. The van der Waals surface area contributed by atoms with Crippen molar-refractivity contribution in [2.45, 2.75) is 50.9 Å². The van der Waals surface area contributed by atoms with E-state index in [-0.39, 0.29) is 5.92 Å². The maximum absolute atomic E-state index is 11.5. The fourth-order valence-electron chi connectivity index (χ4n) is 10.8. The van der Waals surface area contributed by atoms with Gasteiger partial charge in [-0.2, -0.15) is 5.26 Å². The molecule has 0 amide bonds. The molecule has 0 spiro atoms. The van der Waals surface area contributed by atoms with Crippen molar-refractivity contribution in [2.24, 2.45) is 0 Å². The summed E-state index contributed by atoms with van der Waals surface area (Å²) in [6.07, 6.45) is 16.8. The van der Waals surface area contributed by atoms with Gasteiger partial charge in [-0.15, -0.1) is 0 Å². The van der Waals surface area contributed by atoms with Gasteiger partial charge in [0.05, 0.1) is 34.0 Å². The molecule has 0 saturated heterocycles. The SMILES string of the molecule is N#Cc1cc(-c2nc(-c3ccccc3)nc(-c3ccccc3)n2)c(N2c3ccccc3Oc3ccccc32)cc1-n1c2c(c3c1CCC=C3)CC1C(=C2)N(C2=CCCCC2)c2ccccc21. The monoisotopic (exact) mass is 853 g/mol. The Hall–Kier alpha value is -8.28. The van der Waals surface area contributed by atoms with Gasteiger partial charge in [0.2, 0.25) is 0 Å². The second kappa shape index (κ2) is 15.5. The zero-order valence-corrected chi connectivity index (χ0v) is 36.2. The summed E-state index contributed by atoms with van der Waals surface area (Å²) < 4.78 is 9.00. The van der Waals surface area contributed by atoms with Gasteiger partial charge in [0.15, 0.2) is 29.0 Å². The second-order valence-electron chi connectivity index (χ2n) is 17.6. The van der Waals surface area contributed by atoms with E-state index in [0.29, 0.717) is 28.6 Å². The Morgan fingerprint density at radius 3 is 1.94 bits per heavy atom. The third-order valence-electron chi connectivity index (χ3n) is 13.8. The number of aromatic nitrogens is 4. The van der Waals surface area contributed by atoms with Crippen LogP contribution in [0.3, 0.4) is 0 Å². The molecule has 0 saturated carbocycles. The van der Waals surface area contributed by atoms with E-state index in [1.165, 1.54) is 52.3 Å². The summed E-state index contributed by atoms with van der Waals surface area (Å²) in [6, 6.07) is 52.2. The minimum Gasteiger partial charge on any atom is -0.453 e. The van der Waals surface area contributed by atoms with Gasteiger partial charge in [0, 0.05) is 45.4 Å². The van der Waals surface area contributed by atoms with Crippen molar-refractivity contribution in [3.05, 3.63) is 203 Å². The quantitative estimate of drug-likeness (QED) is 0.165. The van der Waals surface area contributed by atoms with Crippen LogP contribution in [0, 0.1) is 11.3 Å². The molecule has 8 heteroatoms. The van der Waals surface area contributed by atoms with E-state index >= 15 is 0 Å². The lowest BCUT2D eigenvalue weighted by Crippen LogP contribution is -2.23. The van der Waals surface area contributed by atoms with Crippen molar-refractivity contribution in [1.29, 1.82) is 5.26 Å². The van der Waals surface area contributed by atoms with Crippen molar-refractivity contribution in [3.63, 3.8) is 0 Å². The van der Waals surface area contributed by atoms with E-state index < -0.39 is 0 Å². The molecule has 6 aromatic carbocycles. The first kappa shape index (κ1) is 38.2. The molecule has 8 aromatic rings.